The van der Waals surface area contributed by atoms with E-state index in [0.29, 0.717) is 6.42 Å². The summed E-state index contributed by atoms with van der Waals surface area (Å²) in [4.78, 5) is 24.1. The van der Waals surface area contributed by atoms with Crippen LogP contribution in [0.2, 0.25) is 0 Å². The van der Waals surface area contributed by atoms with Crippen LogP contribution < -0.4 is 0 Å². The number of hydrogen-bond acceptors (Lipinski definition) is 5. The summed E-state index contributed by atoms with van der Waals surface area (Å²) >= 11 is 3.43. The Labute approximate surface area is 114 Å². The van der Waals surface area contributed by atoms with Gasteiger partial charge in [0.25, 0.3) is 0 Å². The first kappa shape index (κ1) is 13.7. The first-order chi connectivity index (χ1) is 8.51. The lowest BCUT2D eigenvalue weighted by molar-refractivity contribution is -0.241. The van der Waals surface area contributed by atoms with Crippen molar-refractivity contribution in [2.75, 3.05) is 21.3 Å². The molecule has 1 fully saturated rings. The van der Waals surface area contributed by atoms with Crippen LogP contribution in [0.25, 0.3) is 0 Å². The van der Waals surface area contributed by atoms with Crippen molar-refractivity contribution >= 4 is 27.7 Å². The molecule has 0 spiro atoms. The highest BCUT2D eigenvalue weighted by Crippen LogP contribution is 2.51. The second kappa shape index (κ2) is 4.75. The van der Waals surface area contributed by atoms with Gasteiger partial charge in [0.2, 0.25) is 5.79 Å². The molecule has 0 radical (unpaired) electrons. The van der Waals surface area contributed by atoms with Crippen molar-refractivity contribution < 1.29 is 23.8 Å². The highest BCUT2D eigenvalue weighted by atomic mass is 79.9. The number of carbonyl (C=O) groups is 2. The van der Waals surface area contributed by atoms with Crippen molar-refractivity contribution in [1.82, 2.24) is 0 Å². The van der Waals surface area contributed by atoms with Gasteiger partial charge in [-0.1, -0.05) is 22.0 Å². The Morgan fingerprint density at radius 2 is 2.00 bits per heavy atom. The Morgan fingerprint density at radius 3 is 2.50 bits per heavy atom. The van der Waals surface area contributed by atoms with Crippen molar-refractivity contribution in [3.63, 3.8) is 0 Å². The van der Waals surface area contributed by atoms with Gasteiger partial charge in [0.05, 0.1) is 24.9 Å². The van der Waals surface area contributed by atoms with Gasteiger partial charge in [0.15, 0.2) is 5.78 Å². The summed E-state index contributed by atoms with van der Waals surface area (Å²) in [6.45, 7) is 0. The number of esters is 1. The van der Waals surface area contributed by atoms with Crippen LogP contribution in [0.5, 0.6) is 0 Å². The number of fused-ring (bicyclic) bond motifs is 2. The quantitative estimate of drug-likeness (QED) is 0.579. The molecular formula is C12H15BrO5. The number of hydrogen-bond donors (Lipinski definition) is 0. The summed E-state index contributed by atoms with van der Waals surface area (Å²) in [5.41, 5.74) is 0. The van der Waals surface area contributed by atoms with Gasteiger partial charge in [-0.05, 0) is 6.42 Å². The highest BCUT2D eigenvalue weighted by Gasteiger charge is 2.61. The average molecular weight is 319 g/mol. The SMILES string of the molecule is COC(=O)[C@H]1C[C@H]2C(Br)=C[C@H]1C(=O)C2(OC)OC. The molecule has 0 unspecified atom stereocenters. The first-order valence-corrected chi connectivity index (χ1v) is 6.40. The van der Waals surface area contributed by atoms with Crippen LogP contribution in [0.3, 0.4) is 0 Å². The lowest BCUT2D eigenvalue weighted by Crippen LogP contribution is -2.61. The number of allylic oxidation sites excluding steroid dienone is 1. The summed E-state index contributed by atoms with van der Waals surface area (Å²) in [7, 11) is 4.21. The molecule has 0 aromatic heterocycles. The van der Waals surface area contributed by atoms with Crippen molar-refractivity contribution in [3.05, 3.63) is 10.6 Å². The van der Waals surface area contributed by atoms with E-state index < -0.39 is 17.6 Å². The van der Waals surface area contributed by atoms with Crippen LogP contribution in [0.15, 0.2) is 10.6 Å². The number of Topliss-reactive ketones (excluding diaryl/α,β-unsaturated/α-hetero) is 1. The molecule has 2 bridgehead atoms. The van der Waals surface area contributed by atoms with Crippen LogP contribution in [0, 0.1) is 17.8 Å². The monoisotopic (exact) mass is 318 g/mol. The molecule has 0 aromatic rings. The van der Waals surface area contributed by atoms with E-state index in [4.69, 9.17) is 14.2 Å². The molecule has 3 aliphatic carbocycles. The molecule has 0 aliphatic heterocycles. The van der Waals surface area contributed by atoms with Gasteiger partial charge in [-0.15, -0.1) is 0 Å². The summed E-state index contributed by atoms with van der Waals surface area (Å²) in [6.07, 6.45) is 2.23. The topological polar surface area (TPSA) is 61.8 Å². The minimum atomic E-state index is -1.29. The molecular weight excluding hydrogens is 304 g/mol. The Bertz CT molecular complexity index is 413. The maximum Gasteiger partial charge on any atom is 0.309 e. The zero-order valence-electron chi connectivity index (χ0n) is 10.4. The molecule has 3 aliphatic rings. The molecule has 1 saturated carbocycles. The predicted molar refractivity (Wildman–Crippen MR) is 65.9 cm³/mol. The summed E-state index contributed by atoms with van der Waals surface area (Å²) < 4.78 is 16.2. The van der Waals surface area contributed by atoms with Crippen molar-refractivity contribution in [2.24, 2.45) is 17.8 Å². The minimum absolute atomic E-state index is 0.220. The van der Waals surface area contributed by atoms with E-state index in [1.807, 2.05) is 0 Å². The molecule has 18 heavy (non-hydrogen) atoms. The van der Waals surface area contributed by atoms with Gasteiger partial charge < -0.3 is 14.2 Å². The number of halogens is 1. The van der Waals surface area contributed by atoms with Gasteiger partial charge >= 0.3 is 5.97 Å². The largest absolute Gasteiger partial charge is 0.469 e. The molecule has 0 N–H and O–H groups in total. The second-order valence-corrected chi connectivity index (χ2v) is 5.35. The molecule has 100 valence electrons. The smallest absolute Gasteiger partial charge is 0.309 e. The maximum absolute atomic E-state index is 12.4. The normalized spacial score (nSPS) is 33.2. The summed E-state index contributed by atoms with van der Waals surface area (Å²) in [5, 5.41) is 0. The Hall–Kier alpha value is -0.720. The zero-order valence-corrected chi connectivity index (χ0v) is 12.0. The molecule has 6 heteroatoms. The Balaban J connectivity index is 2.42. The lowest BCUT2D eigenvalue weighted by atomic mass is 9.64. The van der Waals surface area contributed by atoms with E-state index in [2.05, 4.69) is 15.9 Å². The number of ketones is 1. The third-order valence-corrected chi connectivity index (χ3v) is 4.63. The third kappa shape index (κ3) is 1.66. The van der Waals surface area contributed by atoms with Crippen LogP contribution in [0.1, 0.15) is 6.42 Å². The molecule has 0 aromatic carbocycles. The minimum Gasteiger partial charge on any atom is -0.469 e. The number of carbonyl (C=O) groups excluding carboxylic acids is 2. The molecule has 3 atom stereocenters. The van der Waals surface area contributed by atoms with Crippen molar-refractivity contribution in [3.8, 4) is 0 Å². The maximum atomic E-state index is 12.4. The second-order valence-electron chi connectivity index (χ2n) is 4.44. The molecule has 0 saturated heterocycles. The van der Waals surface area contributed by atoms with Crippen LogP contribution in [0.4, 0.5) is 0 Å². The van der Waals surface area contributed by atoms with Crippen LogP contribution >= 0.6 is 15.9 Å². The van der Waals surface area contributed by atoms with Gasteiger partial charge in [0.1, 0.15) is 0 Å². The van der Waals surface area contributed by atoms with Crippen LogP contribution in [-0.4, -0.2) is 38.9 Å². The summed E-state index contributed by atoms with van der Waals surface area (Å²) in [5.74, 6) is -3.20. The van der Waals surface area contributed by atoms with E-state index in [9.17, 15) is 9.59 Å². The van der Waals surface area contributed by atoms with E-state index in [-0.39, 0.29) is 17.7 Å². The van der Waals surface area contributed by atoms with E-state index in [0.717, 1.165) is 4.48 Å². The third-order valence-electron chi connectivity index (χ3n) is 3.81. The standard InChI is InChI=1S/C12H15BrO5/c1-16-11(15)7-4-8-9(13)5-6(7)10(14)12(8,17-2)18-3/h5-8H,4H2,1-3H3/t6-,7+,8+/m1/s1. The van der Waals surface area contributed by atoms with E-state index in [1.54, 1.807) is 6.08 Å². The van der Waals surface area contributed by atoms with Gasteiger partial charge in [-0.2, -0.15) is 0 Å². The van der Waals surface area contributed by atoms with Crippen molar-refractivity contribution in [1.29, 1.82) is 0 Å². The fourth-order valence-electron chi connectivity index (χ4n) is 2.88. The van der Waals surface area contributed by atoms with E-state index >= 15 is 0 Å². The molecule has 0 amide bonds. The van der Waals surface area contributed by atoms with Crippen molar-refractivity contribution in [2.45, 2.75) is 12.2 Å². The fourth-order valence-corrected chi connectivity index (χ4v) is 3.65. The van der Waals surface area contributed by atoms with E-state index in [1.165, 1.54) is 21.3 Å². The molecule has 0 heterocycles. The molecule has 5 nitrogen and oxygen atoms in total. The predicted octanol–water partition coefficient (Wildman–Crippen LogP) is 1.26. The lowest BCUT2D eigenvalue weighted by Gasteiger charge is -2.48. The molecule has 3 rings (SSSR count). The highest BCUT2D eigenvalue weighted by molar-refractivity contribution is 9.11. The first-order valence-electron chi connectivity index (χ1n) is 5.61. The zero-order chi connectivity index (χ0) is 13.5. The summed E-state index contributed by atoms with van der Waals surface area (Å²) in [6, 6.07) is 0. The Morgan fingerprint density at radius 1 is 1.39 bits per heavy atom. The van der Waals surface area contributed by atoms with Crippen LogP contribution in [-0.2, 0) is 23.8 Å². The number of methoxy groups -OCH3 is 3. The van der Waals surface area contributed by atoms with Gasteiger partial charge in [-0.3, -0.25) is 9.59 Å². The average Bonchev–Trinajstić information content (AvgIpc) is 2.39. The Kier molecular flexibility index (Phi) is 3.62. The fraction of sp³-hybridized carbons (Fsp3) is 0.667. The van der Waals surface area contributed by atoms with Gasteiger partial charge in [0, 0.05) is 18.7 Å². The number of ether oxygens (including phenoxy) is 3. The number of rotatable bonds is 3. The van der Waals surface area contributed by atoms with Gasteiger partial charge in [-0.25, -0.2) is 0 Å².